The van der Waals surface area contributed by atoms with Crippen molar-refractivity contribution >= 4 is 56.5 Å². The third-order valence-corrected chi connectivity index (χ3v) is 6.87. The minimum Gasteiger partial charge on any atom is -0.491 e. The second-order valence-electron chi connectivity index (χ2n) is 8.34. The minimum atomic E-state index is -0.396. The van der Waals surface area contributed by atoms with Gasteiger partial charge < -0.3 is 14.8 Å². The van der Waals surface area contributed by atoms with Crippen molar-refractivity contribution in [1.29, 1.82) is 0 Å². The summed E-state index contributed by atoms with van der Waals surface area (Å²) in [5.74, 6) is 0.433. The third-order valence-electron chi connectivity index (χ3n) is 5.46. The van der Waals surface area contributed by atoms with Gasteiger partial charge in [-0.3, -0.25) is 19.3 Å². The van der Waals surface area contributed by atoms with Gasteiger partial charge in [0.05, 0.1) is 11.4 Å². The second kappa shape index (κ2) is 12.1. The van der Waals surface area contributed by atoms with Crippen molar-refractivity contribution in [2.45, 2.75) is 13.8 Å². The van der Waals surface area contributed by atoms with Crippen LogP contribution in [0.3, 0.4) is 0 Å². The lowest BCUT2D eigenvalue weighted by Crippen LogP contribution is -2.32. The van der Waals surface area contributed by atoms with Crippen molar-refractivity contribution in [3.05, 3.63) is 92.8 Å². The summed E-state index contributed by atoms with van der Waals surface area (Å²) in [4.78, 5) is 39.3. The van der Waals surface area contributed by atoms with Gasteiger partial charge >= 0.3 is 0 Å². The van der Waals surface area contributed by atoms with E-state index in [1.807, 2.05) is 50.2 Å². The van der Waals surface area contributed by atoms with Crippen LogP contribution in [0.5, 0.6) is 11.5 Å². The molecule has 1 N–H and O–H groups in total. The van der Waals surface area contributed by atoms with Gasteiger partial charge in [-0.05, 0) is 79.2 Å². The summed E-state index contributed by atoms with van der Waals surface area (Å²) in [5, 5.41) is 2.40. The zero-order valence-electron chi connectivity index (χ0n) is 20.3. The average Bonchev–Trinajstić information content (AvgIpc) is 3.13. The molecule has 3 amide bonds. The quantitative estimate of drug-likeness (QED) is 0.303. The number of amides is 3. The Morgan fingerprint density at radius 3 is 2.57 bits per heavy atom. The Kier molecular flexibility index (Phi) is 8.68. The highest BCUT2D eigenvalue weighted by Crippen LogP contribution is 2.35. The van der Waals surface area contributed by atoms with E-state index in [4.69, 9.17) is 9.47 Å². The molecule has 9 heteroatoms. The highest BCUT2D eigenvalue weighted by atomic mass is 79.9. The van der Waals surface area contributed by atoms with Gasteiger partial charge in [-0.25, -0.2) is 0 Å². The molecule has 1 heterocycles. The number of rotatable bonds is 9. The summed E-state index contributed by atoms with van der Waals surface area (Å²) >= 11 is 4.29. The number of aryl methyl sites for hydroxylation is 2. The molecule has 0 radical (unpaired) electrons. The minimum absolute atomic E-state index is 0.136. The first-order valence-electron chi connectivity index (χ1n) is 11.5. The zero-order valence-corrected chi connectivity index (χ0v) is 22.7. The fourth-order valence-corrected chi connectivity index (χ4v) is 4.80. The lowest BCUT2D eigenvalue weighted by molar-refractivity contribution is -0.123. The van der Waals surface area contributed by atoms with E-state index in [1.54, 1.807) is 36.4 Å². The fourth-order valence-electron chi connectivity index (χ4n) is 3.57. The topological polar surface area (TPSA) is 84.9 Å². The highest BCUT2D eigenvalue weighted by molar-refractivity contribution is 9.10. The maximum absolute atomic E-state index is 13.0. The predicted octanol–water partition coefficient (Wildman–Crippen LogP) is 6.20. The summed E-state index contributed by atoms with van der Waals surface area (Å²) in [5.41, 5.74) is 3.29. The predicted molar refractivity (Wildman–Crippen MR) is 149 cm³/mol. The molecule has 37 heavy (non-hydrogen) atoms. The van der Waals surface area contributed by atoms with Gasteiger partial charge in [0, 0.05) is 15.7 Å². The van der Waals surface area contributed by atoms with Gasteiger partial charge in [0.15, 0.2) is 6.61 Å². The van der Waals surface area contributed by atoms with Crippen molar-refractivity contribution in [3.63, 3.8) is 0 Å². The number of nitrogens with zero attached hydrogens (tertiary/aromatic N) is 1. The van der Waals surface area contributed by atoms with E-state index in [9.17, 15) is 14.4 Å². The number of imide groups is 1. The molecule has 0 aromatic heterocycles. The van der Waals surface area contributed by atoms with Gasteiger partial charge in [-0.1, -0.05) is 46.3 Å². The molecule has 3 aromatic carbocycles. The van der Waals surface area contributed by atoms with Crippen LogP contribution in [0.25, 0.3) is 6.08 Å². The Balaban J connectivity index is 1.41. The second-order valence-corrected chi connectivity index (χ2v) is 10.2. The molecule has 7 nitrogen and oxygen atoms in total. The molecular formula is C28H25BrN2O5S. The van der Waals surface area contributed by atoms with E-state index in [-0.39, 0.29) is 35.8 Å². The molecule has 190 valence electrons. The number of carbonyl (C=O) groups is 3. The van der Waals surface area contributed by atoms with Gasteiger partial charge in [-0.2, -0.15) is 0 Å². The largest absolute Gasteiger partial charge is 0.491 e. The summed E-state index contributed by atoms with van der Waals surface area (Å²) < 4.78 is 12.3. The van der Waals surface area contributed by atoms with E-state index in [0.717, 1.165) is 33.1 Å². The Bertz CT molecular complexity index is 1360. The Morgan fingerprint density at radius 2 is 1.78 bits per heavy atom. The van der Waals surface area contributed by atoms with E-state index in [0.29, 0.717) is 17.0 Å². The van der Waals surface area contributed by atoms with Crippen molar-refractivity contribution in [2.24, 2.45) is 0 Å². The normalized spacial score (nSPS) is 14.2. The Labute approximate surface area is 228 Å². The smallest absolute Gasteiger partial charge is 0.293 e. The van der Waals surface area contributed by atoms with Gasteiger partial charge in [-0.15, -0.1) is 0 Å². The maximum Gasteiger partial charge on any atom is 0.293 e. The van der Waals surface area contributed by atoms with E-state index in [1.165, 1.54) is 4.90 Å². The van der Waals surface area contributed by atoms with Crippen molar-refractivity contribution in [2.75, 3.05) is 25.1 Å². The molecular weight excluding hydrogens is 556 g/mol. The third kappa shape index (κ3) is 7.02. The van der Waals surface area contributed by atoms with E-state index >= 15 is 0 Å². The summed E-state index contributed by atoms with van der Waals surface area (Å²) in [6.45, 7) is 4.03. The van der Waals surface area contributed by atoms with Crippen LogP contribution in [0.1, 0.15) is 16.7 Å². The molecule has 3 aromatic rings. The first-order valence-corrected chi connectivity index (χ1v) is 13.1. The number of hydrogen-bond acceptors (Lipinski definition) is 6. The lowest BCUT2D eigenvalue weighted by Gasteiger charge is -2.14. The van der Waals surface area contributed by atoms with Crippen molar-refractivity contribution < 1.29 is 23.9 Å². The molecule has 1 aliphatic rings. The van der Waals surface area contributed by atoms with Gasteiger partial charge in [0.2, 0.25) is 0 Å². The number of anilines is 1. The number of carbonyl (C=O) groups excluding carboxylic acids is 3. The molecule has 0 spiro atoms. The van der Waals surface area contributed by atoms with E-state index < -0.39 is 5.91 Å². The number of benzene rings is 3. The molecule has 4 rings (SSSR count). The number of nitrogens with one attached hydrogen (secondary N) is 1. The van der Waals surface area contributed by atoms with Crippen LogP contribution in [0.2, 0.25) is 0 Å². The first-order chi connectivity index (χ1) is 17.8. The molecule has 1 aliphatic heterocycles. The maximum atomic E-state index is 13.0. The molecule has 0 bridgehead atoms. The molecule has 0 saturated carbocycles. The number of thioether (sulfide) groups is 1. The number of para-hydroxylation sites is 1. The summed E-state index contributed by atoms with van der Waals surface area (Å²) in [7, 11) is 0. The Morgan fingerprint density at radius 1 is 1.00 bits per heavy atom. The average molecular weight is 581 g/mol. The van der Waals surface area contributed by atoms with Crippen LogP contribution in [0.15, 0.2) is 76.1 Å². The van der Waals surface area contributed by atoms with Crippen LogP contribution in [0.4, 0.5) is 10.5 Å². The molecule has 1 saturated heterocycles. The first kappa shape index (κ1) is 26.5. The fraction of sp³-hybridized carbons (Fsp3) is 0.179. The summed E-state index contributed by atoms with van der Waals surface area (Å²) in [6.07, 6.45) is 1.60. The van der Waals surface area contributed by atoms with E-state index in [2.05, 4.69) is 21.2 Å². The number of ether oxygens (including phenoxy) is 2. The standard InChI is InChI=1S/C28H25BrN2O5S/c1-18-8-9-19(2)24(14-18)35-13-12-31-27(33)25(37-28(31)34)16-20-15-21(29)10-11-23(20)36-17-26(32)30-22-6-4-3-5-7-22/h3-11,14-16H,12-13,17H2,1-2H3,(H,30,32)/b25-16-. The zero-order chi connectivity index (χ0) is 26.4. The van der Waals surface area contributed by atoms with Crippen molar-refractivity contribution in [3.8, 4) is 11.5 Å². The van der Waals surface area contributed by atoms with Crippen molar-refractivity contribution in [1.82, 2.24) is 4.90 Å². The molecule has 0 unspecified atom stereocenters. The Hall–Kier alpha value is -3.56. The number of halogens is 1. The van der Waals surface area contributed by atoms with Gasteiger partial charge in [0.1, 0.15) is 18.1 Å². The monoisotopic (exact) mass is 580 g/mol. The van der Waals surface area contributed by atoms with Crippen LogP contribution < -0.4 is 14.8 Å². The number of hydrogen-bond donors (Lipinski definition) is 1. The lowest BCUT2D eigenvalue weighted by atomic mass is 10.1. The summed E-state index contributed by atoms with van der Waals surface area (Å²) in [6, 6.07) is 20.2. The molecule has 0 atom stereocenters. The van der Waals surface area contributed by atoms with Crippen LogP contribution >= 0.6 is 27.7 Å². The van der Waals surface area contributed by atoms with Gasteiger partial charge in [0.25, 0.3) is 17.1 Å². The van der Waals surface area contributed by atoms with Crippen LogP contribution in [-0.4, -0.2) is 41.7 Å². The SMILES string of the molecule is Cc1ccc(C)c(OCCN2C(=O)S/C(=C\c3cc(Br)ccc3OCC(=O)Nc3ccccc3)C2=O)c1. The molecule has 1 fully saturated rings. The molecule has 0 aliphatic carbocycles. The van der Waals surface area contributed by atoms with Crippen LogP contribution in [0, 0.1) is 13.8 Å². The highest BCUT2D eigenvalue weighted by Gasteiger charge is 2.35. The van der Waals surface area contributed by atoms with Crippen LogP contribution in [-0.2, 0) is 9.59 Å².